The Morgan fingerprint density at radius 1 is 1.18 bits per heavy atom. The smallest absolute Gasteiger partial charge is 0.338 e. The van der Waals surface area contributed by atoms with Gasteiger partial charge in [-0.2, -0.15) is 0 Å². The predicted molar refractivity (Wildman–Crippen MR) is 159 cm³/mol. The first-order chi connectivity index (χ1) is 21.3. The molecule has 1 unspecified atom stereocenters. The number of nitrogens with zero attached hydrogens (tertiary/aromatic N) is 3. The summed E-state index contributed by atoms with van der Waals surface area (Å²) in [6.45, 7) is 2.68. The number of benzene rings is 2. The van der Waals surface area contributed by atoms with Crippen LogP contribution in [0.15, 0.2) is 68.9 Å². The van der Waals surface area contributed by atoms with Crippen molar-refractivity contribution in [2.24, 2.45) is 0 Å². The van der Waals surface area contributed by atoms with E-state index in [0.29, 0.717) is 57.2 Å². The summed E-state index contributed by atoms with van der Waals surface area (Å²) in [6, 6.07) is 10.8. The van der Waals surface area contributed by atoms with Crippen molar-refractivity contribution in [1.29, 1.82) is 0 Å². The van der Waals surface area contributed by atoms with Crippen LogP contribution in [0.2, 0.25) is 0 Å². The Labute approximate surface area is 253 Å². The van der Waals surface area contributed by atoms with Gasteiger partial charge in [-0.3, -0.25) is 9.36 Å². The van der Waals surface area contributed by atoms with Crippen LogP contribution in [0.5, 0.6) is 5.75 Å². The molecule has 3 aromatic heterocycles. The van der Waals surface area contributed by atoms with Gasteiger partial charge in [-0.05, 0) is 43.5 Å². The molecule has 1 aliphatic heterocycles. The van der Waals surface area contributed by atoms with E-state index >= 15 is 4.39 Å². The zero-order valence-corrected chi connectivity index (χ0v) is 24.6. The Kier molecular flexibility index (Phi) is 8.17. The number of oxazole rings is 1. The number of fused-ring (bicyclic) bond motifs is 1. The third-order valence-electron chi connectivity index (χ3n) is 7.65. The molecule has 0 aliphatic carbocycles. The molecular weight excluding hydrogens is 593 g/mol. The monoisotopic (exact) mass is 621 g/mol. The minimum Gasteiger partial charge on any atom is -0.496 e. The molecule has 0 spiro atoms. The summed E-state index contributed by atoms with van der Waals surface area (Å²) in [7, 11) is 1.54. The largest absolute Gasteiger partial charge is 0.496 e. The number of hydrogen-bond donors (Lipinski definition) is 1. The molecule has 11 nitrogen and oxygen atoms in total. The van der Waals surface area contributed by atoms with Gasteiger partial charge in [0.2, 0.25) is 5.89 Å². The number of aryl methyl sites for hydroxylation is 1. The van der Waals surface area contributed by atoms with Crippen molar-refractivity contribution in [3.8, 4) is 22.2 Å². The maximum atomic E-state index is 15.6. The number of ether oxygens (including phenoxy) is 3. The van der Waals surface area contributed by atoms with Gasteiger partial charge >= 0.3 is 11.7 Å². The van der Waals surface area contributed by atoms with Gasteiger partial charge in [0.15, 0.2) is 5.82 Å². The lowest BCUT2D eigenvalue weighted by Crippen LogP contribution is -2.40. The van der Waals surface area contributed by atoms with Gasteiger partial charge in [0.25, 0.3) is 5.56 Å². The molecule has 1 atom stereocenters. The van der Waals surface area contributed by atoms with Crippen molar-refractivity contribution >= 4 is 27.5 Å². The zero-order chi connectivity index (χ0) is 31.0. The van der Waals surface area contributed by atoms with Crippen LogP contribution in [0.1, 0.15) is 40.4 Å². The first kappa shape index (κ1) is 29.5. The molecule has 1 aliphatic rings. The van der Waals surface area contributed by atoms with E-state index in [2.05, 4.69) is 4.98 Å². The Morgan fingerprint density at radius 2 is 1.95 bits per heavy atom. The van der Waals surface area contributed by atoms with Crippen LogP contribution in [-0.2, 0) is 16.0 Å². The Balaban J connectivity index is 1.62. The number of carbonyl (C=O) groups is 1. The summed E-state index contributed by atoms with van der Waals surface area (Å²) in [5, 5.41) is 9.69. The van der Waals surface area contributed by atoms with E-state index in [0.717, 1.165) is 17.4 Å². The second kappa shape index (κ2) is 12.2. The van der Waals surface area contributed by atoms with Crippen LogP contribution in [0, 0.1) is 12.7 Å². The van der Waals surface area contributed by atoms with Crippen molar-refractivity contribution in [3.05, 3.63) is 98.3 Å². The molecule has 4 heterocycles. The van der Waals surface area contributed by atoms with E-state index in [4.69, 9.17) is 18.6 Å². The third kappa shape index (κ3) is 5.23. The minimum atomic E-state index is -1.53. The molecule has 5 aromatic rings. The number of thiophene rings is 1. The first-order valence-corrected chi connectivity index (χ1v) is 14.7. The fourth-order valence-electron chi connectivity index (χ4n) is 5.47. The highest BCUT2D eigenvalue weighted by atomic mass is 32.1. The summed E-state index contributed by atoms with van der Waals surface area (Å²) in [6.07, 6.45) is 3.27. The molecule has 1 fully saturated rings. The Morgan fingerprint density at radius 3 is 2.66 bits per heavy atom. The van der Waals surface area contributed by atoms with Gasteiger partial charge in [0, 0.05) is 18.8 Å². The summed E-state index contributed by atoms with van der Waals surface area (Å²) in [5.74, 6) is -1.93. The molecule has 1 N–H and O–H groups in total. The first-order valence-electron chi connectivity index (χ1n) is 13.9. The molecule has 0 saturated carbocycles. The number of methoxy groups -OCH3 is 1. The summed E-state index contributed by atoms with van der Waals surface area (Å²) in [4.78, 5) is 45.2. The lowest BCUT2D eigenvalue weighted by Gasteiger charge is -2.29. The molecule has 44 heavy (non-hydrogen) atoms. The second-order valence-electron chi connectivity index (χ2n) is 10.2. The number of halogens is 1. The van der Waals surface area contributed by atoms with Crippen LogP contribution in [0.4, 0.5) is 4.39 Å². The lowest BCUT2D eigenvalue weighted by atomic mass is 10.1. The molecule has 1 saturated heterocycles. The summed E-state index contributed by atoms with van der Waals surface area (Å²) in [5.41, 5.74) is -1.64. The third-order valence-corrected chi connectivity index (χ3v) is 8.95. The van der Waals surface area contributed by atoms with E-state index < -0.39 is 40.4 Å². The van der Waals surface area contributed by atoms with Crippen LogP contribution >= 0.6 is 11.3 Å². The van der Waals surface area contributed by atoms with Gasteiger partial charge in [-0.15, -0.1) is 11.3 Å². The number of carboxylic acids is 1. The van der Waals surface area contributed by atoms with Crippen molar-refractivity contribution < 1.29 is 32.9 Å². The summed E-state index contributed by atoms with van der Waals surface area (Å²) < 4.78 is 40.9. The maximum absolute atomic E-state index is 15.6. The van der Waals surface area contributed by atoms with Gasteiger partial charge in [0.1, 0.15) is 22.9 Å². The van der Waals surface area contributed by atoms with E-state index in [9.17, 15) is 19.5 Å². The number of carboxylic acid groups (broad SMARTS) is 1. The second-order valence-corrected chi connectivity index (χ2v) is 11.2. The molecular formula is C31H28FN3O8S. The minimum absolute atomic E-state index is 0.0709. The van der Waals surface area contributed by atoms with Gasteiger partial charge < -0.3 is 23.7 Å². The Bertz CT molecular complexity index is 1960. The van der Waals surface area contributed by atoms with Gasteiger partial charge in [-0.1, -0.05) is 24.3 Å². The van der Waals surface area contributed by atoms with E-state index in [-0.39, 0.29) is 23.9 Å². The summed E-state index contributed by atoms with van der Waals surface area (Å²) >= 11 is 1.14. The van der Waals surface area contributed by atoms with Crippen molar-refractivity contribution in [1.82, 2.24) is 14.1 Å². The van der Waals surface area contributed by atoms with E-state index in [1.165, 1.54) is 29.2 Å². The zero-order valence-electron chi connectivity index (χ0n) is 23.8. The molecule has 0 bridgehead atoms. The van der Waals surface area contributed by atoms with Crippen molar-refractivity contribution in [2.75, 3.05) is 20.3 Å². The fourth-order valence-corrected chi connectivity index (χ4v) is 6.72. The quantitative estimate of drug-likeness (QED) is 0.242. The molecule has 0 amide bonds. The predicted octanol–water partition coefficient (Wildman–Crippen LogP) is 4.96. The highest BCUT2D eigenvalue weighted by Crippen LogP contribution is 2.37. The standard InChI is InChI=1S/C31H28FN3O8S/c1-17-24-28(36)35(21-8-5-7-20(25(21)32)30(37)38)31(39)34(29(24)44-26(17)27-33-12-15-42-27)16-23(43-18-10-13-41-14-11-18)19-6-3-4-9-22(19)40-2/h3-9,12,15,18,23H,10-11,13-14,16H2,1-2H3,(H,37,38). The molecule has 0 radical (unpaired) electrons. The number of rotatable bonds is 9. The number of hydrogen-bond acceptors (Lipinski definition) is 9. The van der Waals surface area contributed by atoms with Crippen LogP contribution in [0.3, 0.4) is 0 Å². The Hall–Kier alpha value is -4.59. The van der Waals surface area contributed by atoms with Crippen LogP contribution < -0.4 is 16.0 Å². The van der Waals surface area contributed by atoms with Gasteiger partial charge in [0.05, 0.1) is 47.5 Å². The van der Waals surface area contributed by atoms with E-state index in [1.54, 1.807) is 20.1 Å². The van der Waals surface area contributed by atoms with Crippen molar-refractivity contribution in [3.63, 3.8) is 0 Å². The number of para-hydroxylation sites is 1. The fraction of sp³-hybridized carbons (Fsp3) is 0.290. The lowest BCUT2D eigenvalue weighted by molar-refractivity contribution is -0.0752. The average molecular weight is 622 g/mol. The molecule has 2 aromatic carbocycles. The maximum Gasteiger partial charge on any atom is 0.338 e. The van der Waals surface area contributed by atoms with Gasteiger partial charge in [-0.25, -0.2) is 23.5 Å². The average Bonchev–Trinajstić information content (AvgIpc) is 3.68. The normalized spacial score (nSPS) is 14.6. The SMILES string of the molecule is COc1ccccc1C(Cn1c(=O)n(-c2cccc(C(=O)O)c2F)c(=O)c2c(C)c(-c3ncco3)sc21)OC1CCOCC1. The number of aromatic nitrogens is 3. The molecule has 13 heteroatoms. The van der Waals surface area contributed by atoms with Crippen molar-refractivity contribution in [2.45, 2.75) is 38.5 Å². The van der Waals surface area contributed by atoms with Crippen LogP contribution in [0.25, 0.3) is 26.7 Å². The van der Waals surface area contributed by atoms with E-state index in [1.807, 2.05) is 18.2 Å². The highest BCUT2D eigenvalue weighted by Gasteiger charge is 2.29. The number of aromatic carboxylic acids is 1. The van der Waals surface area contributed by atoms with Crippen LogP contribution in [-0.4, -0.2) is 51.6 Å². The molecule has 228 valence electrons. The topological polar surface area (TPSA) is 135 Å². The molecule has 6 rings (SSSR count). The highest BCUT2D eigenvalue weighted by molar-refractivity contribution is 7.22.